The van der Waals surface area contributed by atoms with E-state index in [1.165, 1.54) is 16.0 Å². The normalized spacial score (nSPS) is 21.7. The van der Waals surface area contributed by atoms with Crippen molar-refractivity contribution in [1.29, 1.82) is 0 Å². The van der Waals surface area contributed by atoms with Crippen LogP contribution in [0.3, 0.4) is 0 Å². The zero-order chi connectivity index (χ0) is 17.4. The monoisotopic (exact) mass is 339 g/mol. The van der Waals surface area contributed by atoms with E-state index in [9.17, 15) is 9.59 Å². The van der Waals surface area contributed by atoms with Gasteiger partial charge in [-0.1, -0.05) is 6.08 Å². The van der Waals surface area contributed by atoms with E-state index in [-0.39, 0.29) is 11.9 Å². The van der Waals surface area contributed by atoms with Gasteiger partial charge in [0.25, 0.3) is 5.91 Å². The van der Waals surface area contributed by atoms with E-state index < -0.39 is 6.04 Å². The van der Waals surface area contributed by atoms with Crippen molar-refractivity contribution in [3.05, 3.63) is 36.2 Å². The number of imide groups is 1. The number of carbonyl (C=O) groups excluding carboxylic acids is 2. The highest BCUT2D eigenvalue weighted by atomic mass is 16.2. The number of rotatable bonds is 4. The van der Waals surface area contributed by atoms with Crippen LogP contribution in [0.5, 0.6) is 0 Å². The van der Waals surface area contributed by atoms with Crippen LogP contribution in [0.4, 0.5) is 4.79 Å². The second kappa shape index (κ2) is 6.33. The predicted molar refractivity (Wildman–Crippen MR) is 94.8 cm³/mol. The third-order valence-corrected chi connectivity index (χ3v) is 4.95. The van der Waals surface area contributed by atoms with Crippen LogP contribution in [0.15, 0.2) is 30.6 Å². The first-order valence-electron chi connectivity index (χ1n) is 8.59. The third kappa shape index (κ3) is 2.91. The number of pyridine rings is 1. The first-order valence-corrected chi connectivity index (χ1v) is 8.59. The van der Waals surface area contributed by atoms with Crippen LogP contribution < -0.4 is 5.32 Å². The van der Waals surface area contributed by atoms with E-state index in [1.54, 1.807) is 13.1 Å². The summed E-state index contributed by atoms with van der Waals surface area (Å²) >= 11 is 0. The van der Waals surface area contributed by atoms with Gasteiger partial charge in [-0.05, 0) is 31.1 Å². The van der Waals surface area contributed by atoms with Crippen molar-refractivity contribution in [3.8, 4) is 0 Å². The van der Waals surface area contributed by atoms with Crippen LogP contribution in [0.25, 0.3) is 16.6 Å². The van der Waals surface area contributed by atoms with E-state index in [4.69, 9.17) is 0 Å². The van der Waals surface area contributed by atoms with Gasteiger partial charge in [-0.3, -0.25) is 14.6 Å². The summed E-state index contributed by atoms with van der Waals surface area (Å²) in [6.07, 6.45) is 6.98. The first-order chi connectivity index (χ1) is 12.1. The zero-order valence-corrected chi connectivity index (χ0v) is 14.2. The highest BCUT2D eigenvalue weighted by Crippen LogP contribution is 2.28. The fourth-order valence-corrected chi connectivity index (χ4v) is 3.49. The molecule has 2 N–H and O–H groups in total. The Morgan fingerprint density at radius 3 is 2.92 bits per heavy atom. The number of hydrogen-bond donors (Lipinski definition) is 2. The number of nitrogens with one attached hydrogen (secondary N) is 2. The van der Waals surface area contributed by atoms with E-state index in [1.807, 2.05) is 12.3 Å². The number of aromatic amines is 1. The van der Waals surface area contributed by atoms with Gasteiger partial charge in [0.1, 0.15) is 11.7 Å². The van der Waals surface area contributed by atoms with Gasteiger partial charge in [0.2, 0.25) is 0 Å². The average molecular weight is 339 g/mol. The molecule has 7 nitrogen and oxygen atoms in total. The third-order valence-electron chi connectivity index (χ3n) is 4.95. The van der Waals surface area contributed by atoms with Crippen molar-refractivity contribution in [3.63, 3.8) is 0 Å². The largest absolute Gasteiger partial charge is 0.346 e. The molecule has 2 aromatic rings. The molecule has 0 spiro atoms. The lowest BCUT2D eigenvalue weighted by Crippen LogP contribution is -2.40. The minimum atomic E-state index is -0.407. The van der Waals surface area contributed by atoms with Crippen LogP contribution >= 0.6 is 0 Å². The van der Waals surface area contributed by atoms with Gasteiger partial charge in [0.15, 0.2) is 0 Å². The molecule has 2 aliphatic rings. The molecular weight excluding hydrogens is 318 g/mol. The molecule has 0 aromatic carbocycles. The van der Waals surface area contributed by atoms with Crippen LogP contribution in [-0.2, 0) is 4.79 Å². The van der Waals surface area contributed by atoms with Crippen molar-refractivity contribution >= 4 is 28.5 Å². The van der Waals surface area contributed by atoms with E-state index >= 15 is 0 Å². The highest BCUT2D eigenvalue weighted by molar-refractivity contribution is 6.03. The van der Waals surface area contributed by atoms with Crippen molar-refractivity contribution in [1.82, 2.24) is 25.1 Å². The first kappa shape index (κ1) is 15.8. The second-order valence-electron chi connectivity index (χ2n) is 6.54. The number of aromatic nitrogens is 2. The Hall–Kier alpha value is -2.67. The van der Waals surface area contributed by atoms with Crippen LogP contribution in [0.2, 0.25) is 0 Å². The molecule has 25 heavy (non-hydrogen) atoms. The Morgan fingerprint density at radius 2 is 2.20 bits per heavy atom. The lowest BCUT2D eigenvalue weighted by atomic mass is 9.99. The molecule has 0 aliphatic carbocycles. The summed E-state index contributed by atoms with van der Waals surface area (Å²) in [5.74, 6) is -0.135. The summed E-state index contributed by atoms with van der Waals surface area (Å²) in [7, 11) is 0. The Labute approximate surface area is 145 Å². The summed E-state index contributed by atoms with van der Waals surface area (Å²) in [5, 5.41) is 3.79. The minimum Gasteiger partial charge on any atom is -0.346 e. The standard InChI is InChI=1S/C18H21N5O2/c1-12-17(24)23(18(25)21-12)10-9-22-7-4-13(5-8-22)15-11-20-16-14(15)3-2-6-19-16/h2-4,6,11-12H,5,7-10H2,1H3,(H,19,20)(H,21,25). The molecule has 4 rings (SSSR count). The number of nitrogens with zero attached hydrogens (tertiary/aromatic N) is 3. The highest BCUT2D eigenvalue weighted by Gasteiger charge is 2.34. The maximum atomic E-state index is 11.9. The molecular formula is C18H21N5O2. The molecule has 130 valence electrons. The SMILES string of the molecule is CC1NC(=O)N(CCN2CC=C(c3c[nH]c4ncccc34)CC2)C1=O. The fourth-order valence-electron chi connectivity index (χ4n) is 3.49. The van der Waals surface area contributed by atoms with Gasteiger partial charge >= 0.3 is 6.03 Å². The Bertz CT molecular complexity index is 856. The van der Waals surface area contributed by atoms with Crippen LogP contribution in [0, 0.1) is 0 Å². The molecule has 1 saturated heterocycles. The number of H-pyrrole nitrogens is 1. The molecule has 2 aliphatic heterocycles. The summed E-state index contributed by atoms with van der Waals surface area (Å²) in [5.41, 5.74) is 3.44. The van der Waals surface area contributed by atoms with Gasteiger partial charge < -0.3 is 10.3 Å². The maximum absolute atomic E-state index is 11.9. The summed E-state index contributed by atoms with van der Waals surface area (Å²) in [6.45, 7) is 4.59. The molecule has 0 saturated carbocycles. The average Bonchev–Trinajstić information content (AvgIpc) is 3.15. The van der Waals surface area contributed by atoms with Crippen molar-refractivity contribution in [2.45, 2.75) is 19.4 Å². The number of urea groups is 1. The molecule has 0 bridgehead atoms. The molecule has 4 heterocycles. The predicted octanol–water partition coefficient (Wildman–Crippen LogP) is 1.59. The molecule has 1 unspecified atom stereocenters. The van der Waals surface area contributed by atoms with Crippen molar-refractivity contribution in [2.75, 3.05) is 26.2 Å². The van der Waals surface area contributed by atoms with E-state index in [0.29, 0.717) is 13.1 Å². The smallest absolute Gasteiger partial charge is 0.324 e. The summed E-state index contributed by atoms with van der Waals surface area (Å²) in [6, 6.07) is 3.35. The Morgan fingerprint density at radius 1 is 1.32 bits per heavy atom. The van der Waals surface area contributed by atoms with E-state index in [0.717, 1.165) is 30.5 Å². The summed E-state index contributed by atoms with van der Waals surface area (Å²) < 4.78 is 0. The second-order valence-corrected chi connectivity index (χ2v) is 6.54. The number of amides is 3. The van der Waals surface area contributed by atoms with Crippen LogP contribution in [0.1, 0.15) is 18.9 Å². The van der Waals surface area contributed by atoms with Crippen LogP contribution in [-0.4, -0.2) is 63.9 Å². The quantitative estimate of drug-likeness (QED) is 0.829. The molecule has 1 fully saturated rings. The topological polar surface area (TPSA) is 81.3 Å². The summed E-state index contributed by atoms with van der Waals surface area (Å²) in [4.78, 5) is 34.8. The van der Waals surface area contributed by atoms with Gasteiger partial charge in [-0.15, -0.1) is 0 Å². The molecule has 0 radical (unpaired) electrons. The number of fused-ring (bicyclic) bond motifs is 1. The van der Waals surface area contributed by atoms with Gasteiger partial charge in [-0.2, -0.15) is 0 Å². The van der Waals surface area contributed by atoms with Crippen molar-refractivity contribution < 1.29 is 9.59 Å². The molecule has 1 atom stereocenters. The molecule has 2 aromatic heterocycles. The van der Waals surface area contributed by atoms with Gasteiger partial charge in [0.05, 0.1) is 0 Å². The Kier molecular flexibility index (Phi) is 4.01. The number of carbonyl (C=O) groups is 2. The molecule has 3 amide bonds. The zero-order valence-electron chi connectivity index (χ0n) is 14.2. The fraction of sp³-hybridized carbons (Fsp3) is 0.389. The van der Waals surface area contributed by atoms with Gasteiger partial charge in [-0.25, -0.2) is 9.78 Å². The van der Waals surface area contributed by atoms with E-state index in [2.05, 4.69) is 32.3 Å². The van der Waals surface area contributed by atoms with Crippen molar-refractivity contribution in [2.24, 2.45) is 0 Å². The molecule has 7 heteroatoms. The lowest BCUT2D eigenvalue weighted by molar-refractivity contribution is -0.127. The Balaban J connectivity index is 1.39. The maximum Gasteiger partial charge on any atom is 0.324 e. The minimum absolute atomic E-state index is 0.135. The lowest BCUT2D eigenvalue weighted by Gasteiger charge is -2.27. The number of hydrogen-bond acceptors (Lipinski definition) is 4. The van der Waals surface area contributed by atoms with Gasteiger partial charge in [0, 0.05) is 49.5 Å².